The van der Waals surface area contributed by atoms with Crippen molar-refractivity contribution in [1.82, 2.24) is 0 Å². The Labute approximate surface area is 84.6 Å². The fourth-order valence-electron chi connectivity index (χ4n) is 1.43. The van der Waals surface area contributed by atoms with Crippen LogP contribution in [0.5, 0.6) is 0 Å². The van der Waals surface area contributed by atoms with Gasteiger partial charge in [0.1, 0.15) is 0 Å². The molecule has 0 aliphatic heterocycles. The highest BCUT2D eigenvalue weighted by atomic mass is 16.4. The molecule has 0 radical (unpaired) electrons. The molecule has 1 aromatic rings. The first-order valence-corrected chi connectivity index (χ1v) is 4.85. The minimum Gasteiger partial charge on any atom is -0.550 e. The molecule has 0 aromatic heterocycles. The summed E-state index contributed by atoms with van der Waals surface area (Å²) in [4.78, 5) is 10.3. The van der Waals surface area contributed by atoms with Gasteiger partial charge in [0.25, 0.3) is 0 Å². The number of aliphatic carboxylic acids is 1. The molecule has 0 N–H and O–H groups in total. The van der Waals surface area contributed by atoms with E-state index in [-0.39, 0.29) is 6.42 Å². The minimum absolute atomic E-state index is 0.00194. The molecular formula is C12H15O2-. The molecule has 0 saturated carbocycles. The van der Waals surface area contributed by atoms with Gasteiger partial charge in [0.15, 0.2) is 0 Å². The number of hydrogen-bond donors (Lipinski definition) is 0. The van der Waals surface area contributed by atoms with Crippen molar-refractivity contribution >= 4 is 5.97 Å². The van der Waals surface area contributed by atoms with Crippen molar-refractivity contribution in [2.24, 2.45) is 5.92 Å². The van der Waals surface area contributed by atoms with Gasteiger partial charge in [-0.25, -0.2) is 0 Å². The predicted octanol–water partition coefficient (Wildman–Crippen LogP) is 1.18. The molecule has 0 aliphatic rings. The first-order chi connectivity index (χ1) is 6.58. The zero-order chi connectivity index (χ0) is 10.6. The summed E-state index contributed by atoms with van der Waals surface area (Å²) >= 11 is 0. The number of hydrogen-bond acceptors (Lipinski definition) is 2. The van der Waals surface area contributed by atoms with Crippen LogP contribution in [0.15, 0.2) is 24.3 Å². The molecule has 1 rings (SSSR count). The highest BCUT2D eigenvalue weighted by Crippen LogP contribution is 2.09. The van der Waals surface area contributed by atoms with Crippen molar-refractivity contribution in [2.75, 3.05) is 0 Å². The van der Waals surface area contributed by atoms with Crippen LogP contribution in [0.1, 0.15) is 25.0 Å². The Morgan fingerprint density at radius 1 is 1.21 bits per heavy atom. The van der Waals surface area contributed by atoms with Crippen molar-refractivity contribution < 1.29 is 9.90 Å². The molecule has 0 atom stereocenters. The fraction of sp³-hybridized carbons (Fsp3) is 0.417. The Morgan fingerprint density at radius 3 is 2.14 bits per heavy atom. The number of carboxylic acid groups (broad SMARTS) is 1. The van der Waals surface area contributed by atoms with Crippen molar-refractivity contribution in [1.29, 1.82) is 0 Å². The molecule has 0 bridgehead atoms. The summed E-state index contributed by atoms with van der Waals surface area (Å²) in [5.41, 5.74) is 2.06. The molecule has 0 saturated heterocycles. The third-order valence-electron chi connectivity index (χ3n) is 2.02. The minimum atomic E-state index is -1.03. The third-order valence-corrected chi connectivity index (χ3v) is 2.02. The van der Waals surface area contributed by atoms with E-state index in [0.29, 0.717) is 5.92 Å². The Balaban J connectivity index is 2.63. The van der Waals surface area contributed by atoms with E-state index in [1.165, 1.54) is 5.56 Å². The average Bonchev–Trinajstić information content (AvgIpc) is 2.06. The van der Waals surface area contributed by atoms with E-state index < -0.39 is 5.97 Å². The summed E-state index contributed by atoms with van der Waals surface area (Å²) in [6.07, 6.45) is 1.04. The van der Waals surface area contributed by atoms with Gasteiger partial charge >= 0.3 is 0 Å². The maximum Gasteiger partial charge on any atom is 0.0458 e. The SMILES string of the molecule is CC(C)Cc1ccc(CC(=O)[O-])cc1. The van der Waals surface area contributed by atoms with E-state index in [0.717, 1.165) is 12.0 Å². The van der Waals surface area contributed by atoms with Gasteiger partial charge in [-0.2, -0.15) is 0 Å². The Hall–Kier alpha value is -1.31. The maximum atomic E-state index is 10.3. The molecule has 14 heavy (non-hydrogen) atoms. The molecular weight excluding hydrogens is 176 g/mol. The molecule has 0 unspecified atom stereocenters. The van der Waals surface area contributed by atoms with Gasteiger partial charge in [0, 0.05) is 12.4 Å². The number of carboxylic acids is 1. The van der Waals surface area contributed by atoms with E-state index in [1.807, 2.05) is 24.3 Å². The van der Waals surface area contributed by atoms with Crippen LogP contribution in [0.25, 0.3) is 0 Å². The maximum absolute atomic E-state index is 10.3. The first-order valence-electron chi connectivity index (χ1n) is 4.85. The van der Waals surface area contributed by atoms with Crippen LogP contribution in [0.3, 0.4) is 0 Å². The van der Waals surface area contributed by atoms with Gasteiger partial charge < -0.3 is 9.90 Å². The second-order valence-corrected chi connectivity index (χ2v) is 3.96. The van der Waals surface area contributed by atoms with Crippen LogP contribution in [0, 0.1) is 5.92 Å². The van der Waals surface area contributed by atoms with E-state index in [9.17, 15) is 9.90 Å². The van der Waals surface area contributed by atoms with Gasteiger partial charge in [0.05, 0.1) is 0 Å². The molecule has 2 nitrogen and oxygen atoms in total. The molecule has 1 aromatic carbocycles. The van der Waals surface area contributed by atoms with Crippen LogP contribution in [-0.4, -0.2) is 5.97 Å². The molecule has 0 aliphatic carbocycles. The zero-order valence-electron chi connectivity index (χ0n) is 8.62. The summed E-state index contributed by atoms with van der Waals surface area (Å²) in [6, 6.07) is 7.68. The van der Waals surface area contributed by atoms with Gasteiger partial charge in [-0.15, -0.1) is 0 Å². The first kappa shape index (κ1) is 10.8. The number of benzene rings is 1. The smallest absolute Gasteiger partial charge is 0.0458 e. The summed E-state index contributed by atoms with van der Waals surface area (Å²) in [6.45, 7) is 4.32. The molecule has 2 heteroatoms. The van der Waals surface area contributed by atoms with Crippen LogP contribution in [-0.2, 0) is 17.6 Å². The summed E-state index contributed by atoms with van der Waals surface area (Å²) in [5, 5.41) is 10.3. The van der Waals surface area contributed by atoms with Crippen molar-refractivity contribution in [3.8, 4) is 0 Å². The molecule has 0 amide bonds. The van der Waals surface area contributed by atoms with E-state index in [2.05, 4.69) is 13.8 Å². The lowest BCUT2D eigenvalue weighted by molar-refractivity contribution is -0.304. The number of carbonyl (C=O) groups excluding carboxylic acids is 1. The summed E-state index contributed by atoms with van der Waals surface area (Å²) < 4.78 is 0. The third kappa shape index (κ3) is 3.60. The van der Waals surface area contributed by atoms with Crippen molar-refractivity contribution in [2.45, 2.75) is 26.7 Å². The molecule has 0 spiro atoms. The summed E-state index contributed by atoms with van der Waals surface area (Å²) in [5.74, 6) is -0.399. The standard InChI is InChI=1S/C12H16O2/c1-9(2)7-10-3-5-11(6-4-10)8-12(13)14/h3-6,9H,7-8H2,1-2H3,(H,13,14)/p-1. The van der Waals surface area contributed by atoms with Gasteiger partial charge in [-0.05, 0) is 23.5 Å². The lowest BCUT2D eigenvalue weighted by atomic mass is 10.0. The zero-order valence-corrected chi connectivity index (χ0v) is 8.62. The topological polar surface area (TPSA) is 40.1 Å². The largest absolute Gasteiger partial charge is 0.550 e. The lowest BCUT2D eigenvalue weighted by Gasteiger charge is -2.06. The lowest BCUT2D eigenvalue weighted by Crippen LogP contribution is -2.24. The Bertz CT molecular complexity index is 299. The number of carbonyl (C=O) groups is 1. The second-order valence-electron chi connectivity index (χ2n) is 3.96. The highest BCUT2D eigenvalue weighted by Gasteiger charge is 1.98. The highest BCUT2D eigenvalue weighted by molar-refractivity contribution is 5.67. The van der Waals surface area contributed by atoms with E-state index in [1.54, 1.807) is 0 Å². The normalized spacial score (nSPS) is 10.5. The number of rotatable bonds is 4. The van der Waals surface area contributed by atoms with Crippen LogP contribution in [0.2, 0.25) is 0 Å². The van der Waals surface area contributed by atoms with Gasteiger partial charge in [-0.1, -0.05) is 38.1 Å². The van der Waals surface area contributed by atoms with Crippen LogP contribution in [0.4, 0.5) is 0 Å². The van der Waals surface area contributed by atoms with Crippen LogP contribution >= 0.6 is 0 Å². The van der Waals surface area contributed by atoms with Gasteiger partial charge in [-0.3, -0.25) is 0 Å². The van der Waals surface area contributed by atoms with E-state index >= 15 is 0 Å². The molecule has 0 heterocycles. The van der Waals surface area contributed by atoms with Crippen molar-refractivity contribution in [3.63, 3.8) is 0 Å². The Morgan fingerprint density at radius 2 is 1.71 bits per heavy atom. The van der Waals surface area contributed by atoms with Gasteiger partial charge in [0.2, 0.25) is 0 Å². The van der Waals surface area contributed by atoms with E-state index in [4.69, 9.17) is 0 Å². The monoisotopic (exact) mass is 191 g/mol. The quantitative estimate of drug-likeness (QED) is 0.717. The summed E-state index contributed by atoms with van der Waals surface area (Å²) in [7, 11) is 0. The Kier molecular flexibility index (Phi) is 3.69. The second kappa shape index (κ2) is 4.80. The molecule has 76 valence electrons. The van der Waals surface area contributed by atoms with Crippen LogP contribution < -0.4 is 5.11 Å². The average molecular weight is 191 g/mol. The van der Waals surface area contributed by atoms with Crippen molar-refractivity contribution in [3.05, 3.63) is 35.4 Å². The fourth-order valence-corrected chi connectivity index (χ4v) is 1.43. The predicted molar refractivity (Wildman–Crippen MR) is 53.7 cm³/mol. The molecule has 0 fully saturated rings.